The van der Waals surface area contributed by atoms with Crippen LogP contribution in [0.3, 0.4) is 0 Å². The van der Waals surface area contributed by atoms with Gasteiger partial charge in [0, 0.05) is 31.8 Å². The Morgan fingerprint density at radius 1 is 1.44 bits per heavy atom. The summed E-state index contributed by atoms with van der Waals surface area (Å²) in [7, 11) is 0. The third-order valence-corrected chi connectivity index (χ3v) is 4.22. The first-order valence-corrected chi connectivity index (χ1v) is 6.98. The molecule has 5 heteroatoms. The minimum absolute atomic E-state index is 0.151. The van der Waals surface area contributed by atoms with Crippen LogP contribution in [0.15, 0.2) is 0 Å². The van der Waals surface area contributed by atoms with E-state index in [1.165, 1.54) is 0 Å². The highest BCUT2D eigenvalue weighted by Gasteiger charge is 2.27. The maximum absolute atomic E-state index is 6.31. The smallest absolute Gasteiger partial charge is 0.0860 e. The lowest BCUT2D eigenvalue weighted by atomic mass is 9.92. The molecule has 0 aliphatic carbocycles. The Hall–Kier alpha value is -0.580. The number of aryl methyl sites for hydroxylation is 2. The molecule has 2 rings (SSSR count). The van der Waals surface area contributed by atoms with E-state index < -0.39 is 0 Å². The lowest BCUT2D eigenvalue weighted by Crippen LogP contribution is -2.46. The first-order chi connectivity index (χ1) is 8.56. The van der Waals surface area contributed by atoms with E-state index in [9.17, 15) is 0 Å². The summed E-state index contributed by atoms with van der Waals surface area (Å²) in [6.45, 7) is 9.58. The van der Waals surface area contributed by atoms with Crippen molar-refractivity contribution >= 4 is 11.6 Å². The molecule has 1 aliphatic heterocycles. The lowest BCUT2D eigenvalue weighted by Gasteiger charge is -2.34. The average molecular weight is 272 g/mol. The highest BCUT2D eigenvalue weighted by Crippen LogP contribution is 2.24. The Labute approximate surface area is 114 Å². The predicted octanol–water partition coefficient (Wildman–Crippen LogP) is 2.52. The summed E-state index contributed by atoms with van der Waals surface area (Å²) in [5.41, 5.74) is 2.15. The molecule has 1 saturated heterocycles. The zero-order chi connectivity index (χ0) is 13.2. The van der Waals surface area contributed by atoms with Gasteiger partial charge in [0.25, 0.3) is 0 Å². The summed E-state index contributed by atoms with van der Waals surface area (Å²) >= 11 is 6.31. The Balaban J connectivity index is 2.05. The van der Waals surface area contributed by atoms with Crippen LogP contribution in [0.1, 0.15) is 38.1 Å². The molecule has 1 aromatic rings. The molecule has 0 unspecified atom stereocenters. The van der Waals surface area contributed by atoms with Gasteiger partial charge in [0.2, 0.25) is 0 Å². The van der Waals surface area contributed by atoms with Gasteiger partial charge in [0.1, 0.15) is 0 Å². The van der Waals surface area contributed by atoms with Crippen molar-refractivity contribution in [1.82, 2.24) is 15.1 Å². The maximum Gasteiger partial charge on any atom is 0.0860 e. The van der Waals surface area contributed by atoms with E-state index in [0.29, 0.717) is 0 Å². The molecular weight excluding hydrogens is 250 g/mol. The number of nitrogens with one attached hydrogen (secondary N) is 1. The average Bonchev–Trinajstić information content (AvgIpc) is 2.64. The Morgan fingerprint density at radius 3 is 2.72 bits per heavy atom. The van der Waals surface area contributed by atoms with Gasteiger partial charge in [-0.15, -0.1) is 0 Å². The quantitative estimate of drug-likeness (QED) is 0.915. The topological polar surface area (TPSA) is 39.1 Å². The van der Waals surface area contributed by atoms with Crippen molar-refractivity contribution in [3.8, 4) is 0 Å². The molecule has 0 saturated carbocycles. The second kappa shape index (κ2) is 5.59. The molecule has 0 atom stereocenters. The molecule has 0 radical (unpaired) electrons. The van der Waals surface area contributed by atoms with E-state index in [0.717, 1.165) is 55.6 Å². The van der Waals surface area contributed by atoms with Crippen molar-refractivity contribution in [3.05, 3.63) is 16.4 Å². The van der Waals surface area contributed by atoms with Gasteiger partial charge in [-0.1, -0.05) is 11.6 Å². The summed E-state index contributed by atoms with van der Waals surface area (Å²) in [6.07, 6.45) is 2.09. The zero-order valence-electron chi connectivity index (χ0n) is 11.4. The van der Waals surface area contributed by atoms with Crippen molar-refractivity contribution in [2.45, 2.75) is 52.2 Å². The zero-order valence-corrected chi connectivity index (χ0v) is 12.2. The number of rotatable bonds is 4. The van der Waals surface area contributed by atoms with E-state index in [-0.39, 0.29) is 5.54 Å². The van der Waals surface area contributed by atoms with Gasteiger partial charge >= 0.3 is 0 Å². The third-order valence-electron chi connectivity index (χ3n) is 3.73. The molecule has 1 aliphatic rings. The largest absolute Gasteiger partial charge is 0.381 e. The monoisotopic (exact) mass is 271 g/mol. The van der Waals surface area contributed by atoms with Crippen LogP contribution in [0.4, 0.5) is 0 Å². The van der Waals surface area contributed by atoms with E-state index in [1.807, 2.05) is 11.6 Å². The van der Waals surface area contributed by atoms with E-state index in [1.54, 1.807) is 0 Å². The second-order valence-electron chi connectivity index (χ2n) is 5.19. The minimum Gasteiger partial charge on any atom is -0.381 e. The summed E-state index contributed by atoms with van der Waals surface area (Å²) in [5.74, 6) is 0. The highest BCUT2D eigenvalue weighted by atomic mass is 35.5. The summed E-state index contributed by atoms with van der Waals surface area (Å²) < 4.78 is 7.39. The SMILES string of the molecule is CCn1nc(C)c(Cl)c1CNC1(C)CCOCC1. The molecule has 0 amide bonds. The third kappa shape index (κ3) is 2.87. The number of hydrogen-bond acceptors (Lipinski definition) is 3. The summed E-state index contributed by atoms with van der Waals surface area (Å²) in [5, 5.41) is 8.84. The molecule has 18 heavy (non-hydrogen) atoms. The van der Waals surface area contributed by atoms with Crippen LogP contribution in [-0.2, 0) is 17.8 Å². The van der Waals surface area contributed by atoms with Crippen LogP contribution in [0, 0.1) is 6.92 Å². The fraction of sp³-hybridized carbons (Fsp3) is 0.769. The Kier molecular flexibility index (Phi) is 4.30. The molecular formula is C13H22ClN3O. The van der Waals surface area contributed by atoms with Crippen molar-refractivity contribution in [3.63, 3.8) is 0 Å². The molecule has 0 aromatic carbocycles. The van der Waals surface area contributed by atoms with E-state index in [4.69, 9.17) is 16.3 Å². The Bertz CT molecular complexity index is 411. The predicted molar refractivity (Wildman–Crippen MR) is 72.9 cm³/mol. The first kappa shape index (κ1) is 13.8. The maximum atomic E-state index is 6.31. The van der Waals surface area contributed by atoms with E-state index >= 15 is 0 Å². The molecule has 0 bridgehead atoms. The van der Waals surface area contributed by atoms with Crippen LogP contribution in [-0.4, -0.2) is 28.5 Å². The van der Waals surface area contributed by atoms with Gasteiger partial charge in [-0.2, -0.15) is 5.10 Å². The van der Waals surface area contributed by atoms with Gasteiger partial charge in [0.05, 0.1) is 16.4 Å². The summed E-state index contributed by atoms with van der Waals surface area (Å²) in [6, 6.07) is 0. The number of nitrogens with zero attached hydrogens (tertiary/aromatic N) is 2. The number of ether oxygens (including phenoxy) is 1. The van der Waals surface area contributed by atoms with Gasteiger partial charge in [-0.05, 0) is 33.6 Å². The lowest BCUT2D eigenvalue weighted by molar-refractivity contribution is 0.0443. The number of halogens is 1. The molecule has 1 aromatic heterocycles. The van der Waals surface area contributed by atoms with Crippen LogP contribution in [0.5, 0.6) is 0 Å². The molecule has 2 heterocycles. The van der Waals surface area contributed by atoms with Crippen molar-refractivity contribution in [1.29, 1.82) is 0 Å². The van der Waals surface area contributed by atoms with Crippen molar-refractivity contribution < 1.29 is 4.74 Å². The van der Waals surface area contributed by atoms with Crippen LogP contribution in [0.2, 0.25) is 5.02 Å². The molecule has 0 spiro atoms. The van der Waals surface area contributed by atoms with Crippen LogP contribution < -0.4 is 5.32 Å². The van der Waals surface area contributed by atoms with Crippen molar-refractivity contribution in [2.24, 2.45) is 0 Å². The Morgan fingerprint density at radius 2 is 2.11 bits per heavy atom. The molecule has 1 N–H and O–H groups in total. The van der Waals surface area contributed by atoms with Gasteiger partial charge in [0.15, 0.2) is 0 Å². The van der Waals surface area contributed by atoms with Crippen LogP contribution >= 0.6 is 11.6 Å². The van der Waals surface area contributed by atoms with E-state index in [2.05, 4.69) is 24.3 Å². The first-order valence-electron chi connectivity index (χ1n) is 6.60. The van der Waals surface area contributed by atoms with Crippen LogP contribution in [0.25, 0.3) is 0 Å². The van der Waals surface area contributed by atoms with Gasteiger partial charge in [-0.3, -0.25) is 4.68 Å². The molecule has 102 valence electrons. The highest BCUT2D eigenvalue weighted by molar-refractivity contribution is 6.31. The molecule has 4 nitrogen and oxygen atoms in total. The number of aromatic nitrogens is 2. The van der Waals surface area contributed by atoms with Crippen molar-refractivity contribution in [2.75, 3.05) is 13.2 Å². The second-order valence-corrected chi connectivity index (χ2v) is 5.57. The fourth-order valence-electron chi connectivity index (χ4n) is 2.33. The summed E-state index contributed by atoms with van der Waals surface area (Å²) in [4.78, 5) is 0. The minimum atomic E-state index is 0.151. The standard InChI is InChI=1S/C13H22ClN3O/c1-4-17-11(12(14)10(2)16-17)9-15-13(3)5-7-18-8-6-13/h15H,4-9H2,1-3H3. The van der Waals surface area contributed by atoms with Gasteiger partial charge in [-0.25, -0.2) is 0 Å². The number of hydrogen-bond donors (Lipinski definition) is 1. The van der Waals surface area contributed by atoms with Gasteiger partial charge < -0.3 is 10.1 Å². The molecule has 1 fully saturated rings. The fourth-order valence-corrected chi connectivity index (χ4v) is 2.54. The normalized spacial score (nSPS) is 19.1.